The molecule has 2 rings (SSSR count). The molecule has 0 atom stereocenters. The smallest absolute Gasteiger partial charge is 0.116 e. The van der Waals surface area contributed by atoms with Gasteiger partial charge in [-0.25, -0.2) is 9.97 Å². The molecular formula is C13H15N3. The molecule has 82 valence electrons. The molecule has 0 unspecified atom stereocenters. The van der Waals surface area contributed by atoms with E-state index in [9.17, 15) is 0 Å². The van der Waals surface area contributed by atoms with Crippen LogP contribution in [0.4, 0.5) is 5.69 Å². The molecule has 0 aliphatic heterocycles. The van der Waals surface area contributed by atoms with Gasteiger partial charge in [0.15, 0.2) is 0 Å². The number of nitrogen functional groups attached to an aromatic ring is 1. The summed E-state index contributed by atoms with van der Waals surface area (Å²) in [5, 5.41) is 0. The minimum Gasteiger partial charge on any atom is -0.395 e. The highest BCUT2D eigenvalue weighted by molar-refractivity contribution is 5.75. The molecule has 3 heteroatoms. The van der Waals surface area contributed by atoms with Gasteiger partial charge in [0, 0.05) is 5.56 Å². The predicted molar refractivity (Wildman–Crippen MR) is 66.1 cm³/mol. The van der Waals surface area contributed by atoms with E-state index < -0.39 is 0 Å². The third kappa shape index (κ3) is 1.76. The molecule has 0 radical (unpaired) electrons. The van der Waals surface area contributed by atoms with Crippen molar-refractivity contribution in [2.45, 2.75) is 20.8 Å². The zero-order valence-electron chi connectivity index (χ0n) is 9.78. The van der Waals surface area contributed by atoms with Crippen molar-refractivity contribution >= 4 is 5.69 Å². The Kier molecular flexibility index (Phi) is 2.60. The van der Waals surface area contributed by atoms with Crippen LogP contribution in [0.25, 0.3) is 11.3 Å². The Morgan fingerprint density at radius 3 is 2.50 bits per heavy atom. The zero-order valence-corrected chi connectivity index (χ0v) is 9.78. The van der Waals surface area contributed by atoms with Crippen LogP contribution in [0.15, 0.2) is 24.5 Å². The molecule has 2 N–H and O–H groups in total. The van der Waals surface area contributed by atoms with Crippen LogP contribution in [0.2, 0.25) is 0 Å². The number of aryl methyl sites for hydroxylation is 3. The zero-order chi connectivity index (χ0) is 11.7. The Labute approximate surface area is 95.4 Å². The standard InChI is InChI=1S/C13H15N3/c1-8-4-5-11(9(2)6-8)13-12(14)10(3)15-7-16-13/h4-7H,14H2,1-3H3. The van der Waals surface area contributed by atoms with Crippen molar-refractivity contribution < 1.29 is 0 Å². The molecule has 3 nitrogen and oxygen atoms in total. The second kappa shape index (κ2) is 3.93. The van der Waals surface area contributed by atoms with E-state index in [1.807, 2.05) is 6.92 Å². The maximum atomic E-state index is 6.00. The van der Waals surface area contributed by atoms with Gasteiger partial charge >= 0.3 is 0 Å². The Balaban J connectivity index is 2.63. The third-order valence-electron chi connectivity index (χ3n) is 2.72. The second-order valence-electron chi connectivity index (χ2n) is 4.04. The van der Waals surface area contributed by atoms with Crippen molar-refractivity contribution in [1.29, 1.82) is 0 Å². The van der Waals surface area contributed by atoms with Crippen molar-refractivity contribution in [3.05, 3.63) is 41.3 Å². The lowest BCUT2D eigenvalue weighted by Gasteiger charge is -2.09. The van der Waals surface area contributed by atoms with Crippen LogP contribution in [0, 0.1) is 20.8 Å². The molecule has 2 aromatic rings. The molecule has 0 saturated heterocycles. The number of nitrogens with two attached hydrogens (primary N) is 1. The molecule has 0 fully saturated rings. The number of nitrogens with zero attached hydrogens (tertiary/aromatic N) is 2. The molecule has 0 saturated carbocycles. The Morgan fingerprint density at radius 2 is 1.81 bits per heavy atom. The second-order valence-corrected chi connectivity index (χ2v) is 4.04. The van der Waals surface area contributed by atoms with Gasteiger partial charge in [0.1, 0.15) is 6.33 Å². The molecule has 0 spiro atoms. The first-order valence-corrected chi connectivity index (χ1v) is 5.24. The number of aromatic nitrogens is 2. The van der Waals surface area contributed by atoms with Crippen LogP contribution < -0.4 is 5.73 Å². The fraction of sp³-hybridized carbons (Fsp3) is 0.231. The lowest BCUT2D eigenvalue weighted by molar-refractivity contribution is 1.11. The van der Waals surface area contributed by atoms with Crippen molar-refractivity contribution in [2.24, 2.45) is 0 Å². The molecule has 1 aromatic carbocycles. The SMILES string of the molecule is Cc1ccc(-c2ncnc(C)c2N)c(C)c1. The summed E-state index contributed by atoms with van der Waals surface area (Å²) < 4.78 is 0. The highest BCUT2D eigenvalue weighted by atomic mass is 14.9. The van der Waals surface area contributed by atoms with E-state index in [-0.39, 0.29) is 0 Å². The van der Waals surface area contributed by atoms with Crippen molar-refractivity contribution in [1.82, 2.24) is 9.97 Å². The van der Waals surface area contributed by atoms with Gasteiger partial charge in [-0.05, 0) is 26.3 Å². The van der Waals surface area contributed by atoms with Crippen LogP contribution in [-0.2, 0) is 0 Å². The molecule has 1 heterocycles. The van der Waals surface area contributed by atoms with Gasteiger partial charge < -0.3 is 5.73 Å². The van der Waals surface area contributed by atoms with Gasteiger partial charge in [-0.1, -0.05) is 23.8 Å². The van der Waals surface area contributed by atoms with E-state index in [0.29, 0.717) is 5.69 Å². The van der Waals surface area contributed by atoms with E-state index in [4.69, 9.17) is 5.73 Å². The normalized spacial score (nSPS) is 10.4. The highest BCUT2D eigenvalue weighted by Gasteiger charge is 2.09. The Hall–Kier alpha value is -1.90. The first-order chi connectivity index (χ1) is 7.59. The van der Waals surface area contributed by atoms with Gasteiger partial charge in [-0.3, -0.25) is 0 Å². The fourth-order valence-electron chi connectivity index (χ4n) is 1.78. The minimum atomic E-state index is 0.662. The van der Waals surface area contributed by atoms with Crippen LogP contribution in [0.1, 0.15) is 16.8 Å². The van der Waals surface area contributed by atoms with E-state index in [1.54, 1.807) is 6.33 Å². The van der Waals surface area contributed by atoms with Crippen LogP contribution in [0.5, 0.6) is 0 Å². The topological polar surface area (TPSA) is 51.8 Å². The van der Waals surface area contributed by atoms with Gasteiger partial charge in [0.2, 0.25) is 0 Å². The van der Waals surface area contributed by atoms with Crippen molar-refractivity contribution in [2.75, 3.05) is 5.73 Å². The summed E-state index contributed by atoms with van der Waals surface area (Å²) in [5.74, 6) is 0. The summed E-state index contributed by atoms with van der Waals surface area (Å²) in [6.45, 7) is 6.04. The largest absolute Gasteiger partial charge is 0.395 e. The van der Waals surface area contributed by atoms with Gasteiger partial charge in [0.05, 0.1) is 17.1 Å². The monoisotopic (exact) mass is 213 g/mol. The number of rotatable bonds is 1. The Morgan fingerprint density at radius 1 is 1.06 bits per heavy atom. The number of anilines is 1. The van der Waals surface area contributed by atoms with Crippen LogP contribution >= 0.6 is 0 Å². The van der Waals surface area contributed by atoms with E-state index in [1.165, 1.54) is 11.1 Å². The third-order valence-corrected chi connectivity index (χ3v) is 2.72. The first-order valence-electron chi connectivity index (χ1n) is 5.24. The summed E-state index contributed by atoms with van der Waals surface area (Å²) in [5.41, 5.74) is 11.8. The van der Waals surface area contributed by atoms with Crippen molar-refractivity contribution in [3.63, 3.8) is 0 Å². The average Bonchev–Trinajstić information content (AvgIpc) is 2.23. The summed E-state index contributed by atoms with van der Waals surface area (Å²) in [4.78, 5) is 8.34. The Bertz CT molecular complexity index is 533. The average molecular weight is 213 g/mol. The lowest BCUT2D eigenvalue weighted by atomic mass is 10.0. The van der Waals surface area contributed by atoms with Crippen molar-refractivity contribution in [3.8, 4) is 11.3 Å². The number of hydrogen-bond acceptors (Lipinski definition) is 3. The molecule has 0 aliphatic rings. The lowest BCUT2D eigenvalue weighted by Crippen LogP contribution is -1.99. The van der Waals surface area contributed by atoms with E-state index >= 15 is 0 Å². The molecule has 0 aliphatic carbocycles. The first kappa shape index (κ1) is 10.6. The predicted octanol–water partition coefficient (Wildman–Crippen LogP) is 2.65. The summed E-state index contributed by atoms with van der Waals surface area (Å²) in [7, 11) is 0. The van der Waals surface area contributed by atoms with Gasteiger partial charge in [0.25, 0.3) is 0 Å². The molecular weight excluding hydrogens is 198 g/mol. The summed E-state index contributed by atoms with van der Waals surface area (Å²) in [6.07, 6.45) is 1.56. The quantitative estimate of drug-likeness (QED) is 0.792. The van der Waals surface area contributed by atoms with Gasteiger partial charge in [-0.2, -0.15) is 0 Å². The fourth-order valence-corrected chi connectivity index (χ4v) is 1.78. The number of hydrogen-bond donors (Lipinski definition) is 1. The minimum absolute atomic E-state index is 0.662. The molecule has 1 aromatic heterocycles. The van der Waals surface area contributed by atoms with Gasteiger partial charge in [-0.15, -0.1) is 0 Å². The van der Waals surface area contributed by atoms with E-state index in [2.05, 4.69) is 42.0 Å². The molecule has 0 amide bonds. The summed E-state index contributed by atoms with van der Waals surface area (Å²) >= 11 is 0. The van der Waals surface area contributed by atoms with Crippen LogP contribution in [-0.4, -0.2) is 9.97 Å². The highest BCUT2D eigenvalue weighted by Crippen LogP contribution is 2.27. The maximum absolute atomic E-state index is 6.00. The molecule has 0 bridgehead atoms. The number of benzene rings is 1. The maximum Gasteiger partial charge on any atom is 0.116 e. The van der Waals surface area contributed by atoms with Crippen LogP contribution in [0.3, 0.4) is 0 Å². The summed E-state index contributed by atoms with van der Waals surface area (Å²) in [6, 6.07) is 6.26. The molecule has 16 heavy (non-hydrogen) atoms. The van der Waals surface area contributed by atoms with E-state index in [0.717, 1.165) is 17.0 Å².